The van der Waals surface area contributed by atoms with E-state index in [1.54, 1.807) is 122 Å². The molecule has 0 amide bonds. The van der Waals surface area contributed by atoms with Gasteiger partial charge in [-0.3, -0.25) is 28.8 Å². The highest BCUT2D eigenvalue weighted by molar-refractivity contribution is 7.33. The van der Waals surface area contributed by atoms with Crippen LogP contribution in [-0.2, 0) is 112 Å². The lowest BCUT2D eigenvalue weighted by molar-refractivity contribution is -0.197. The van der Waals surface area contributed by atoms with E-state index in [4.69, 9.17) is 46.3 Å². The number of ether oxygens (including phenoxy) is 5. The minimum absolute atomic E-state index is 0.0148. The van der Waals surface area contributed by atoms with Gasteiger partial charge in [-0.2, -0.15) is 0 Å². The Morgan fingerprint density at radius 2 is 0.694 bits per heavy atom. The van der Waals surface area contributed by atoms with Crippen LogP contribution >= 0.6 is 83.9 Å². The topological polar surface area (TPSA) is 300 Å². The zero-order valence-corrected chi connectivity index (χ0v) is 51.2. The van der Waals surface area contributed by atoms with Crippen LogP contribution in [0.15, 0.2) is 12.7 Å². The van der Waals surface area contributed by atoms with Gasteiger partial charge >= 0.3 is 59.7 Å². The van der Waals surface area contributed by atoms with Gasteiger partial charge in [-0.25, -0.2) is 19.2 Å². The van der Waals surface area contributed by atoms with Gasteiger partial charge in [0, 0.05) is 18.4 Å². The Hall–Kier alpha value is -1.85. The fourth-order valence-corrected chi connectivity index (χ4v) is 8.49. The molecule has 0 bridgehead atoms. The van der Waals surface area contributed by atoms with E-state index in [1.807, 2.05) is 0 Å². The third-order valence-electron chi connectivity index (χ3n) is 9.72. The van der Waals surface area contributed by atoms with Crippen LogP contribution in [0.3, 0.4) is 0 Å². The minimum Gasteiger partial charge on any atom is -0.451 e. The molecule has 0 aliphatic rings. The van der Waals surface area contributed by atoms with Gasteiger partial charge < -0.3 is 64.4 Å². The minimum atomic E-state index is -2.46. The molecule has 0 aliphatic carbocycles. The maximum atomic E-state index is 14.1. The van der Waals surface area contributed by atoms with Gasteiger partial charge in [0.2, 0.25) is 5.60 Å². The van der Waals surface area contributed by atoms with Crippen LogP contribution in [0.25, 0.3) is 0 Å². The number of hydrogen-bond acceptors (Lipinski definition) is 24. The lowest BCUT2D eigenvalue weighted by Crippen LogP contribution is -2.51. The van der Waals surface area contributed by atoms with Crippen molar-refractivity contribution in [1.29, 1.82) is 0 Å². The first-order valence-electron chi connectivity index (χ1n) is 21.0. The summed E-state index contributed by atoms with van der Waals surface area (Å²) in [5.74, 6) is -10.3. The first kappa shape index (κ1) is 70.1. The molecule has 0 radical (unpaired) electrons. The largest absolute Gasteiger partial charge is 0.451 e. The smallest absolute Gasteiger partial charge is 0.354 e. The molecule has 0 heterocycles. The van der Waals surface area contributed by atoms with Crippen molar-refractivity contribution in [3.05, 3.63) is 12.7 Å². The molecule has 0 rings (SSSR count). The highest BCUT2D eigenvalue weighted by atomic mass is 31.1. The van der Waals surface area contributed by atoms with Gasteiger partial charge in [-0.05, 0) is 68.2 Å². The van der Waals surface area contributed by atoms with Crippen LogP contribution in [0.4, 0.5) is 0 Å². The maximum absolute atomic E-state index is 14.1. The number of esters is 1. The van der Waals surface area contributed by atoms with Crippen molar-refractivity contribution in [2.45, 2.75) is 146 Å². The van der Waals surface area contributed by atoms with Crippen molar-refractivity contribution in [3.63, 3.8) is 0 Å². The van der Waals surface area contributed by atoms with E-state index in [9.17, 15) is 47.9 Å². The predicted octanol–water partition coefficient (Wildman–Crippen LogP) is 4.84. The van der Waals surface area contributed by atoms with E-state index in [2.05, 4.69) is 24.7 Å². The molecule has 0 saturated heterocycles. The average molecular weight is 1200 g/mol. The molecule has 0 spiro atoms. The molecule has 24 nitrogen and oxygen atoms in total. The van der Waals surface area contributed by atoms with Gasteiger partial charge in [0.15, 0.2) is 11.2 Å². The molecule has 0 aromatic rings. The molecule has 9 atom stereocenters. The van der Waals surface area contributed by atoms with Crippen molar-refractivity contribution in [2.75, 3.05) is 25.5 Å². The summed E-state index contributed by atoms with van der Waals surface area (Å²) < 4.78 is 73.7. The van der Waals surface area contributed by atoms with Crippen LogP contribution in [0.2, 0.25) is 0 Å². The first-order valence-corrected chi connectivity index (χ1v) is 26.5. The van der Waals surface area contributed by atoms with Crippen molar-refractivity contribution < 1.29 is 112 Å². The number of carbonyl (C=O) groups is 10. The van der Waals surface area contributed by atoms with Crippen LogP contribution in [0.1, 0.15) is 107 Å². The van der Waals surface area contributed by atoms with E-state index >= 15 is 0 Å². The quantitative estimate of drug-likeness (QED) is 0.0355. The Balaban J connectivity index is 6.14. The van der Waals surface area contributed by atoms with E-state index in [1.165, 1.54) is 0 Å². The summed E-state index contributed by atoms with van der Waals surface area (Å²) in [5, 5.41) is 0. The van der Waals surface area contributed by atoms with Crippen LogP contribution in [0.5, 0.6) is 0 Å². The van der Waals surface area contributed by atoms with Gasteiger partial charge in [-0.1, -0.05) is 6.58 Å². The standard InChI is InChI=1S/C39H67O24P9/c1-10-23(40)52-37(15-24(41)53-64,16-25(42)54-65)31(48)60-71-21-35(6,7)51-14-12-34(4,5)63-39(19-28(45)57-68,20-29(46)58-69)32(49)61-72-22-36(8,9)50-13-11-33(2,3)62-38(30(47)59-70,17-26(43)55-66)18-27(44)56-67/h10,71-72H,1,11-22,64-70H2,2-9H3. The van der Waals surface area contributed by atoms with Crippen molar-refractivity contribution in [2.24, 2.45) is 0 Å². The second-order valence-electron chi connectivity index (χ2n) is 17.9. The predicted molar refractivity (Wildman–Crippen MR) is 281 cm³/mol. The molecular formula is C39H67O24P9. The number of rotatable bonds is 35. The van der Waals surface area contributed by atoms with Gasteiger partial charge in [0.25, 0.3) is 0 Å². The zero-order valence-electron chi connectivity index (χ0n) is 41.1. The van der Waals surface area contributed by atoms with E-state index in [0.29, 0.717) is 0 Å². The molecule has 0 N–H and O–H groups in total. The van der Waals surface area contributed by atoms with Gasteiger partial charge in [-0.15, -0.1) is 0 Å². The summed E-state index contributed by atoms with van der Waals surface area (Å²) in [4.78, 5) is 127. The Morgan fingerprint density at radius 3 is 0.972 bits per heavy atom. The molecule has 0 aliphatic heterocycles. The molecule has 9 unspecified atom stereocenters. The fraction of sp³-hybridized carbons (Fsp3) is 0.692. The summed E-state index contributed by atoms with van der Waals surface area (Å²) in [6.45, 7) is 16.2. The number of hydrogen-bond donors (Lipinski definition) is 0. The molecular weight excluding hydrogens is 1130 g/mol. The summed E-state index contributed by atoms with van der Waals surface area (Å²) in [7, 11) is 10.8. The molecule has 0 fully saturated rings. The third-order valence-corrected chi connectivity index (χ3v) is 14.2. The Labute approximate surface area is 438 Å². The lowest BCUT2D eigenvalue weighted by Gasteiger charge is -2.39. The van der Waals surface area contributed by atoms with Crippen molar-refractivity contribution in [1.82, 2.24) is 0 Å². The Morgan fingerprint density at radius 1 is 0.417 bits per heavy atom. The van der Waals surface area contributed by atoms with E-state index in [-0.39, 0.29) is 38.4 Å². The van der Waals surface area contributed by atoms with Crippen molar-refractivity contribution in [3.8, 4) is 0 Å². The summed E-state index contributed by atoms with van der Waals surface area (Å²) >= 11 is 0. The molecule has 412 valence electrons. The molecule has 0 saturated carbocycles. The van der Waals surface area contributed by atoms with Crippen LogP contribution < -0.4 is 0 Å². The second-order valence-corrected chi connectivity index (χ2v) is 21.2. The zero-order chi connectivity index (χ0) is 55.8. The van der Waals surface area contributed by atoms with E-state index in [0.717, 1.165) is 6.08 Å². The molecule has 0 aromatic heterocycles. The van der Waals surface area contributed by atoms with Gasteiger partial charge in [0.05, 0.1) is 158 Å². The van der Waals surface area contributed by atoms with Crippen LogP contribution in [0, 0.1) is 0 Å². The normalized spacial score (nSPS) is 12.7. The summed E-state index contributed by atoms with van der Waals surface area (Å²) in [5.41, 5.74) is -11.5. The molecule has 33 heteroatoms. The molecule has 0 aromatic carbocycles. The van der Waals surface area contributed by atoms with E-state index < -0.39 is 155 Å². The highest BCUT2D eigenvalue weighted by Crippen LogP contribution is 2.38. The summed E-state index contributed by atoms with van der Waals surface area (Å²) in [6, 6.07) is 0. The second kappa shape index (κ2) is 32.7. The van der Waals surface area contributed by atoms with Crippen LogP contribution in [-0.4, -0.2) is 124 Å². The maximum Gasteiger partial charge on any atom is 0.354 e. The van der Waals surface area contributed by atoms with Gasteiger partial charge in [0.1, 0.15) is 0 Å². The highest BCUT2D eigenvalue weighted by Gasteiger charge is 2.52. The number of carbonyl (C=O) groups excluding carboxylic acids is 10. The third kappa shape index (κ3) is 25.8. The summed E-state index contributed by atoms with van der Waals surface area (Å²) in [6.07, 6.45) is -3.82. The Bertz CT molecular complexity index is 1860. The SMILES string of the molecule is C=CC(=O)OC(CC(=O)OP)(CC(=O)OP)C(=O)OPCC(C)(C)OCCC(C)(C)OC(CC(=O)OP)(CC(=O)OP)C(=O)OPCC(C)(C)OCCC(C)(C)OC(CC(=O)OP)(CC(=O)OP)C(=O)OP. The monoisotopic (exact) mass is 1200 g/mol. The lowest BCUT2D eigenvalue weighted by atomic mass is 9.92. The van der Waals surface area contributed by atoms with Crippen molar-refractivity contribution >= 4 is 144 Å². The first-order chi connectivity index (χ1) is 33.2. The molecule has 72 heavy (non-hydrogen) atoms. The fourth-order valence-electron chi connectivity index (χ4n) is 6.10. The Kier molecular flexibility index (Phi) is 31.8. The average Bonchev–Trinajstić information content (AvgIpc) is 3.29.